The normalized spacial score (nSPS) is 12.6. The van der Waals surface area contributed by atoms with E-state index in [0.29, 0.717) is 16.3 Å². The first-order valence-electron chi connectivity index (χ1n) is 6.26. The molecule has 2 aromatic rings. The third kappa shape index (κ3) is 3.52. The number of hydrogen-bond donors (Lipinski definition) is 1. The van der Waals surface area contributed by atoms with Crippen molar-refractivity contribution in [1.82, 2.24) is 0 Å². The lowest BCUT2D eigenvalue weighted by Crippen LogP contribution is -1.92. The molecule has 0 saturated heterocycles. The van der Waals surface area contributed by atoms with E-state index in [-0.39, 0.29) is 11.8 Å². The van der Waals surface area contributed by atoms with Gasteiger partial charge in [-0.15, -0.1) is 0 Å². The Kier molecular flexibility index (Phi) is 4.64. The highest BCUT2D eigenvalue weighted by molar-refractivity contribution is 6.30. The molecule has 0 aromatic heterocycles. The standard InChI is InChI=1S/C16H16ClNO2/c1-11(12-3-5-14(17)6-4-12)18-10-13-9-15(20-2)7-8-16(13)19/h3-11,19H,1-2H3/t11-/m1/s1. The monoisotopic (exact) mass is 289 g/mol. The molecule has 20 heavy (non-hydrogen) atoms. The van der Waals surface area contributed by atoms with E-state index in [0.717, 1.165) is 5.56 Å². The highest BCUT2D eigenvalue weighted by Gasteiger charge is 2.04. The van der Waals surface area contributed by atoms with Gasteiger partial charge >= 0.3 is 0 Å². The maximum atomic E-state index is 9.79. The molecule has 0 saturated carbocycles. The first kappa shape index (κ1) is 14.4. The average Bonchev–Trinajstić information content (AvgIpc) is 2.47. The van der Waals surface area contributed by atoms with Crippen LogP contribution in [0.15, 0.2) is 47.5 Å². The number of benzene rings is 2. The third-order valence-electron chi connectivity index (χ3n) is 3.02. The maximum absolute atomic E-state index is 9.79. The van der Waals surface area contributed by atoms with Gasteiger partial charge in [-0.3, -0.25) is 4.99 Å². The van der Waals surface area contributed by atoms with Crippen molar-refractivity contribution in [3.8, 4) is 11.5 Å². The molecule has 1 atom stereocenters. The van der Waals surface area contributed by atoms with Crippen LogP contribution in [0, 0.1) is 0 Å². The Labute approximate surface area is 123 Å². The molecule has 4 heteroatoms. The number of phenolic OH excluding ortho intramolecular Hbond substituents is 1. The van der Waals surface area contributed by atoms with Crippen molar-refractivity contribution >= 4 is 17.8 Å². The molecule has 0 aliphatic heterocycles. The molecule has 2 rings (SSSR count). The number of hydrogen-bond acceptors (Lipinski definition) is 3. The number of phenols is 1. The third-order valence-corrected chi connectivity index (χ3v) is 3.28. The van der Waals surface area contributed by atoms with Crippen LogP contribution in [-0.2, 0) is 0 Å². The maximum Gasteiger partial charge on any atom is 0.124 e. The second kappa shape index (κ2) is 6.44. The predicted molar refractivity (Wildman–Crippen MR) is 82.1 cm³/mol. The molecule has 0 unspecified atom stereocenters. The summed E-state index contributed by atoms with van der Waals surface area (Å²) in [5, 5.41) is 10.5. The van der Waals surface area contributed by atoms with Crippen molar-refractivity contribution in [2.24, 2.45) is 4.99 Å². The minimum absolute atomic E-state index is 0.0159. The van der Waals surface area contributed by atoms with E-state index in [1.807, 2.05) is 31.2 Å². The van der Waals surface area contributed by atoms with Crippen LogP contribution in [0.2, 0.25) is 5.02 Å². The van der Waals surface area contributed by atoms with Crippen LogP contribution in [0.25, 0.3) is 0 Å². The van der Waals surface area contributed by atoms with Gasteiger partial charge in [0.25, 0.3) is 0 Å². The fourth-order valence-electron chi connectivity index (χ4n) is 1.78. The highest BCUT2D eigenvalue weighted by Crippen LogP contribution is 2.23. The van der Waals surface area contributed by atoms with Crippen molar-refractivity contribution in [2.45, 2.75) is 13.0 Å². The van der Waals surface area contributed by atoms with Crippen LogP contribution in [0.3, 0.4) is 0 Å². The minimum Gasteiger partial charge on any atom is -0.507 e. The van der Waals surface area contributed by atoms with Gasteiger partial charge in [-0.25, -0.2) is 0 Å². The smallest absolute Gasteiger partial charge is 0.124 e. The van der Waals surface area contributed by atoms with E-state index in [4.69, 9.17) is 16.3 Å². The molecule has 104 valence electrons. The van der Waals surface area contributed by atoms with E-state index in [2.05, 4.69) is 4.99 Å². The molecule has 1 N–H and O–H groups in total. The second-order valence-corrected chi connectivity index (χ2v) is 4.87. The Morgan fingerprint density at radius 1 is 1.20 bits per heavy atom. The molecule has 3 nitrogen and oxygen atoms in total. The Hall–Kier alpha value is -2.00. The van der Waals surface area contributed by atoms with E-state index >= 15 is 0 Å². The molecule has 0 amide bonds. The number of aromatic hydroxyl groups is 1. The zero-order chi connectivity index (χ0) is 14.5. The molecule has 0 bridgehead atoms. The summed E-state index contributed by atoms with van der Waals surface area (Å²) < 4.78 is 5.13. The number of aliphatic imine (C=N–C) groups is 1. The summed E-state index contributed by atoms with van der Waals surface area (Å²) in [5.74, 6) is 0.862. The summed E-state index contributed by atoms with van der Waals surface area (Å²) in [5.41, 5.74) is 1.69. The SMILES string of the molecule is COc1ccc(O)c(C=N[C@H](C)c2ccc(Cl)cc2)c1. The summed E-state index contributed by atoms with van der Waals surface area (Å²) in [4.78, 5) is 4.45. The number of methoxy groups -OCH3 is 1. The lowest BCUT2D eigenvalue weighted by atomic mass is 10.1. The number of ether oxygens (including phenoxy) is 1. The largest absolute Gasteiger partial charge is 0.507 e. The second-order valence-electron chi connectivity index (χ2n) is 4.43. The van der Waals surface area contributed by atoms with Gasteiger partial charge in [-0.2, -0.15) is 0 Å². The highest BCUT2D eigenvalue weighted by atomic mass is 35.5. The van der Waals surface area contributed by atoms with E-state index in [1.54, 1.807) is 31.5 Å². The zero-order valence-corrected chi connectivity index (χ0v) is 12.1. The van der Waals surface area contributed by atoms with Crippen LogP contribution in [0.1, 0.15) is 24.1 Å². The Morgan fingerprint density at radius 2 is 1.90 bits per heavy atom. The lowest BCUT2D eigenvalue weighted by Gasteiger charge is -2.07. The van der Waals surface area contributed by atoms with Gasteiger partial charge in [-0.05, 0) is 42.8 Å². The quantitative estimate of drug-likeness (QED) is 0.856. The molecule has 0 aliphatic rings. The van der Waals surface area contributed by atoms with E-state index < -0.39 is 0 Å². The zero-order valence-electron chi connectivity index (χ0n) is 11.4. The van der Waals surface area contributed by atoms with Gasteiger partial charge in [0.2, 0.25) is 0 Å². The average molecular weight is 290 g/mol. The topological polar surface area (TPSA) is 41.8 Å². The fraction of sp³-hybridized carbons (Fsp3) is 0.188. The van der Waals surface area contributed by atoms with Crippen molar-refractivity contribution in [3.63, 3.8) is 0 Å². The Morgan fingerprint density at radius 3 is 2.55 bits per heavy atom. The van der Waals surface area contributed by atoms with Gasteiger partial charge < -0.3 is 9.84 Å². The predicted octanol–water partition coefficient (Wildman–Crippen LogP) is 4.23. The summed E-state index contributed by atoms with van der Waals surface area (Å²) in [7, 11) is 1.59. The molecule has 0 aliphatic carbocycles. The minimum atomic E-state index is -0.0159. The first-order valence-corrected chi connectivity index (χ1v) is 6.63. The molecule has 0 heterocycles. The summed E-state index contributed by atoms with van der Waals surface area (Å²) in [6.45, 7) is 1.98. The summed E-state index contributed by atoms with van der Waals surface area (Å²) in [6.07, 6.45) is 1.65. The van der Waals surface area contributed by atoms with Crippen molar-refractivity contribution in [3.05, 3.63) is 58.6 Å². The Balaban J connectivity index is 2.18. The van der Waals surface area contributed by atoms with Gasteiger partial charge in [0.1, 0.15) is 11.5 Å². The molecule has 0 spiro atoms. The number of halogens is 1. The van der Waals surface area contributed by atoms with Crippen LogP contribution < -0.4 is 4.74 Å². The van der Waals surface area contributed by atoms with Gasteiger partial charge in [0.05, 0.1) is 13.2 Å². The van der Waals surface area contributed by atoms with Crippen LogP contribution >= 0.6 is 11.6 Å². The molecule has 0 fully saturated rings. The molecule has 0 radical (unpaired) electrons. The van der Waals surface area contributed by atoms with Gasteiger partial charge in [0.15, 0.2) is 0 Å². The van der Waals surface area contributed by atoms with Gasteiger partial charge in [-0.1, -0.05) is 23.7 Å². The number of rotatable bonds is 4. The lowest BCUT2D eigenvalue weighted by molar-refractivity contribution is 0.412. The van der Waals surface area contributed by atoms with E-state index in [9.17, 15) is 5.11 Å². The first-order chi connectivity index (χ1) is 9.60. The van der Waals surface area contributed by atoms with Crippen molar-refractivity contribution in [2.75, 3.05) is 7.11 Å². The molecular weight excluding hydrogens is 274 g/mol. The molecule has 2 aromatic carbocycles. The fourth-order valence-corrected chi connectivity index (χ4v) is 1.91. The summed E-state index contributed by atoms with van der Waals surface area (Å²) in [6, 6.07) is 12.6. The molecular formula is C16H16ClNO2. The van der Waals surface area contributed by atoms with Gasteiger partial charge in [0, 0.05) is 16.8 Å². The van der Waals surface area contributed by atoms with Crippen LogP contribution in [0.5, 0.6) is 11.5 Å². The summed E-state index contributed by atoms with van der Waals surface area (Å²) >= 11 is 5.86. The Bertz CT molecular complexity index is 608. The number of nitrogens with zero attached hydrogens (tertiary/aromatic N) is 1. The van der Waals surface area contributed by atoms with Crippen LogP contribution in [-0.4, -0.2) is 18.4 Å². The van der Waals surface area contributed by atoms with Crippen LogP contribution in [0.4, 0.5) is 0 Å². The van der Waals surface area contributed by atoms with Crippen molar-refractivity contribution in [1.29, 1.82) is 0 Å². The van der Waals surface area contributed by atoms with E-state index in [1.165, 1.54) is 0 Å². The van der Waals surface area contributed by atoms with Crippen molar-refractivity contribution < 1.29 is 9.84 Å².